The van der Waals surface area contributed by atoms with Gasteiger partial charge in [0.25, 0.3) is 0 Å². The zero-order chi connectivity index (χ0) is 24.8. The number of hydrogen-bond donors (Lipinski definition) is 0. The third-order valence-corrected chi connectivity index (χ3v) is 10.9. The van der Waals surface area contributed by atoms with E-state index < -0.39 is 11.4 Å². The van der Waals surface area contributed by atoms with Gasteiger partial charge in [0.1, 0.15) is 5.60 Å². The molecule has 0 N–H and O–H groups in total. The van der Waals surface area contributed by atoms with Crippen LogP contribution in [0, 0.1) is 28.6 Å². The highest BCUT2D eigenvalue weighted by Crippen LogP contribution is 2.71. The van der Waals surface area contributed by atoms with Crippen molar-refractivity contribution in [2.45, 2.75) is 91.0 Å². The lowest BCUT2D eigenvalue weighted by molar-refractivity contribution is -0.312. The van der Waals surface area contributed by atoms with E-state index in [0.29, 0.717) is 24.5 Å². The van der Waals surface area contributed by atoms with E-state index in [2.05, 4.69) is 19.9 Å². The Morgan fingerprint density at radius 2 is 1.80 bits per heavy atom. The third-order valence-electron chi connectivity index (χ3n) is 10.9. The van der Waals surface area contributed by atoms with Crippen molar-refractivity contribution >= 4 is 11.9 Å². The van der Waals surface area contributed by atoms with Crippen molar-refractivity contribution in [2.24, 2.45) is 28.6 Å². The summed E-state index contributed by atoms with van der Waals surface area (Å²) in [5, 5.41) is 0. The van der Waals surface area contributed by atoms with Crippen LogP contribution in [0.15, 0.2) is 46.6 Å². The van der Waals surface area contributed by atoms with Crippen LogP contribution < -0.4 is 0 Å². The number of fused-ring (bicyclic) bond motifs is 2. The predicted molar refractivity (Wildman–Crippen MR) is 132 cm³/mol. The Balaban J connectivity index is 1.36. The summed E-state index contributed by atoms with van der Waals surface area (Å²) in [6, 6.07) is 0. The van der Waals surface area contributed by atoms with Crippen molar-refractivity contribution in [1.29, 1.82) is 0 Å². The minimum atomic E-state index is -0.816. The molecular weight excluding hydrogens is 440 g/mol. The summed E-state index contributed by atoms with van der Waals surface area (Å²) in [4.78, 5) is 24.6. The second kappa shape index (κ2) is 7.44. The molecule has 0 amide bonds. The van der Waals surface area contributed by atoms with Crippen LogP contribution in [0.1, 0.15) is 79.6 Å². The molecule has 1 saturated heterocycles. The average molecular weight is 479 g/mol. The summed E-state index contributed by atoms with van der Waals surface area (Å²) in [7, 11) is 0. The highest BCUT2D eigenvalue weighted by Gasteiger charge is 2.68. The average Bonchev–Trinajstić information content (AvgIpc) is 2.91. The van der Waals surface area contributed by atoms with Gasteiger partial charge in [0.2, 0.25) is 5.79 Å². The molecule has 6 aliphatic rings. The van der Waals surface area contributed by atoms with Crippen LogP contribution in [-0.2, 0) is 23.8 Å². The van der Waals surface area contributed by atoms with Gasteiger partial charge in [0.15, 0.2) is 0 Å². The third kappa shape index (κ3) is 3.09. The van der Waals surface area contributed by atoms with Gasteiger partial charge >= 0.3 is 11.9 Å². The Labute approximate surface area is 208 Å². The number of allylic oxidation sites excluding steroid dienone is 4. The molecule has 3 heterocycles. The number of carbonyl (C=O) groups is 2. The first-order valence-electron chi connectivity index (χ1n) is 13.4. The molecule has 5 nitrogen and oxygen atoms in total. The zero-order valence-electron chi connectivity index (χ0n) is 21.7. The summed E-state index contributed by atoms with van der Waals surface area (Å²) >= 11 is 0. The van der Waals surface area contributed by atoms with Crippen LogP contribution in [0.3, 0.4) is 0 Å². The van der Waals surface area contributed by atoms with Gasteiger partial charge < -0.3 is 14.2 Å². The first kappa shape index (κ1) is 23.3. The van der Waals surface area contributed by atoms with Gasteiger partial charge in [-0.1, -0.05) is 37.6 Å². The Morgan fingerprint density at radius 1 is 1.00 bits per heavy atom. The molecule has 6 rings (SSSR count). The second-order valence-corrected chi connectivity index (χ2v) is 12.6. The maximum absolute atomic E-state index is 12.5. The van der Waals surface area contributed by atoms with E-state index in [-0.39, 0.29) is 34.6 Å². The van der Waals surface area contributed by atoms with Crippen molar-refractivity contribution in [3.8, 4) is 0 Å². The SMILES string of the molecule is CC1=CCC2(OC[C@]34CCC5=C(CC[C@@H]6C(=C5)C=CC(=O)OC6(C)C)[C@]3(C)CC[C@@H]4[C@@H]2C)OC1=O. The smallest absolute Gasteiger partial charge is 0.335 e. The molecule has 0 aromatic rings. The van der Waals surface area contributed by atoms with Gasteiger partial charge in [0.05, 0.1) is 6.61 Å². The van der Waals surface area contributed by atoms with Crippen LogP contribution in [0.4, 0.5) is 0 Å². The van der Waals surface area contributed by atoms with Crippen LogP contribution in [0.25, 0.3) is 0 Å². The number of esters is 2. The Hall–Kier alpha value is -2.14. The topological polar surface area (TPSA) is 61.8 Å². The van der Waals surface area contributed by atoms with E-state index in [1.165, 1.54) is 11.1 Å². The molecule has 35 heavy (non-hydrogen) atoms. The molecule has 2 spiro atoms. The zero-order valence-corrected chi connectivity index (χ0v) is 21.7. The minimum absolute atomic E-state index is 0.0662. The van der Waals surface area contributed by atoms with E-state index in [9.17, 15) is 9.59 Å². The van der Waals surface area contributed by atoms with E-state index in [1.54, 1.807) is 11.6 Å². The molecular formula is C30H38O5. The summed E-state index contributed by atoms with van der Waals surface area (Å²) in [6.07, 6.45) is 15.0. The molecule has 0 bridgehead atoms. The maximum atomic E-state index is 12.5. The lowest BCUT2D eigenvalue weighted by Gasteiger charge is -2.59. The predicted octanol–water partition coefficient (Wildman–Crippen LogP) is 5.96. The summed E-state index contributed by atoms with van der Waals surface area (Å²) in [5.74, 6) is -0.488. The molecule has 3 aliphatic carbocycles. The summed E-state index contributed by atoms with van der Waals surface area (Å²) < 4.78 is 18.5. The molecule has 1 unspecified atom stereocenters. The first-order chi connectivity index (χ1) is 16.5. The lowest BCUT2D eigenvalue weighted by Crippen LogP contribution is -2.61. The lowest BCUT2D eigenvalue weighted by atomic mass is 9.51. The normalized spacial score (nSPS) is 44.1. The number of carbonyl (C=O) groups excluding carboxylic acids is 2. The second-order valence-electron chi connectivity index (χ2n) is 12.6. The van der Waals surface area contributed by atoms with Gasteiger partial charge in [-0.05, 0) is 81.8 Å². The quantitative estimate of drug-likeness (QED) is 0.402. The fraction of sp³-hybridized carbons (Fsp3) is 0.667. The van der Waals surface area contributed by atoms with E-state index in [4.69, 9.17) is 14.2 Å². The van der Waals surface area contributed by atoms with E-state index >= 15 is 0 Å². The largest absolute Gasteiger partial charge is 0.456 e. The van der Waals surface area contributed by atoms with Crippen molar-refractivity contribution in [3.63, 3.8) is 0 Å². The monoisotopic (exact) mass is 478 g/mol. The van der Waals surface area contributed by atoms with Crippen molar-refractivity contribution in [1.82, 2.24) is 0 Å². The van der Waals surface area contributed by atoms with Crippen LogP contribution in [0.2, 0.25) is 0 Å². The molecule has 188 valence electrons. The van der Waals surface area contributed by atoms with Crippen LogP contribution in [0.5, 0.6) is 0 Å². The maximum Gasteiger partial charge on any atom is 0.335 e. The summed E-state index contributed by atoms with van der Waals surface area (Å²) in [6.45, 7) is 11.3. The molecule has 0 aromatic heterocycles. The molecule has 3 aliphatic heterocycles. The number of cyclic esters (lactones) is 1. The highest BCUT2D eigenvalue weighted by atomic mass is 16.7. The van der Waals surface area contributed by atoms with Crippen molar-refractivity contribution in [3.05, 3.63) is 46.6 Å². The fourth-order valence-electron chi connectivity index (χ4n) is 8.73. The Kier molecular flexibility index (Phi) is 4.95. The minimum Gasteiger partial charge on any atom is -0.456 e. The number of hydrogen-bond acceptors (Lipinski definition) is 5. The Morgan fingerprint density at radius 3 is 2.57 bits per heavy atom. The number of ether oxygens (including phenoxy) is 3. The molecule has 1 saturated carbocycles. The highest BCUT2D eigenvalue weighted by molar-refractivity contribution is 5.88. The van der Waals surface area contributed by atoms with Crippen LogP contribution >= 0.6 is 0 Å². The summed E-state index contributed by atoms with van der Waals surface area (Å²) in [5.41, 5.74) is 4.57. The Bertz CT molecular complexity index is 1120. The molecule has 2 fully saturated rings. The van der Waals surface area contributed by atoms with Gasteiger partial charge in [-0.15, -0.1) is 0 Å². The van der Waals surface area contributed by atoms with Crippen molar-refractivity contribution < 1.29 is 23.8 Å². The molecule has 0 aromatic carbocycles. The number of rotatable bonds is 0. The van der Waals surface area contributed by atoms with Gasteiger partial charge in [-0.25, -0.2) is 9.59 Å². The molecule has 6 atom stereocenters. The molecule has 5 heteroatoms. The standard InChI is InChI=1S/C30H38O5/c1-18-10-15-30(35-26(18)32)19(2)22-12-13-28(5)24-8-7-23-20(6-9-25(31)34-27(23,3)4)16-21(24)11-14-29(22,28)17-33-30/h6,9-10,16,19,22-23H,7-8,11-15,17H2,1-5H3/t19-,22+,23+,28-,29-,30?/m0/s1. The van der Waals surface area contributed by atoms with Gasteiger partial charge in [-0.3, -0.25) is 0 Å². The van der Waals surface area contributed by atoms with Crippen molar-refractivity contribution in [2.75, 3.05) is 6.61 Å². The van der Waals surface area contributed by atoms with Crippen LogP contribution in [-0.4, -0.2) is 29.9 Å². The molecule has 0 radical (unpaired) electrons. The fourth-order valence-corrected chi connectivity index (χ4v) is 8.73. The van der Waals surface area contributed by atoms with E-state index in [1.807, 2.05) is 32.9 Å². The van der Waals surface area contributed by atoms with Gasteiger partial charge in [0, 0.05) is 35.3 Å². The van der Waals surface area contributed by atoms with Gasteiger partial charge in [-0.2, -0.15) is 0 Å². The van der Waals surface area contributed by atoms with E-state index in [0.717, 1.165) is 38.5 Å². The first-order valence-corrected chi connectivity index (χ1v) is 13.4.